The molecule has 0 spiro atoms. The van der Waals surface area contributed by atoms with E-state index in [1.807, 2.05) is 45.0 Å². The number of carbonyl (C=O) groups is 3. The third-order valence-electron chi connectivity index (χ3n) is 3.77. The van der Waals surface area contributed by atoms with Crippen LogP contribution in [0.3, 0.4) is 0 Å². The Balaban J connectivity index is 2.27. The number of ether oxygens (including phenoxy) is 1. The Hall–Kier alpha value is -2.17. The van der Waals surface area contributed by atoms with Gasteiger partial charge in [-0.2, -0.15) is 0 Å². The number of fused-ring (bicyclic) bond motifs is 1. The molecule has 1 unspecified atom stereocenters. The van der Waals surface area contributed by atoms with E-state index in [0.29, 0.717) is 12.8 Å². The van der Waals surface area contributed by atoms with Crippen LogP contribution in [-0.2, 0) is 19.1 Å². The molecule has 0 N–H and O–H groups in total. The molecule has 5 nitrogen and oxygen atoms in total. The van der Waals surface area contributed by atoms with Crippen molar-refractivity contribution in [1.82, 2.24) is 0 Å². The molecule has 1 atom stereocenters. The van der Waals surface area contributed by atoms with Crippen molar-refractivity contribution in [3.63, 3.8) is 0 Å². The molecule has 5 heteroatoms. The molecule has 0 bridgehead atoms. The van der Waals surface area contributed by atoms with E-state index in [2.05, 4.69) is 0 Å². The zero-order valence-corrected chi connectivity index (χ0v) is 13.9. The lowest BCUT2D eigenvalue weighted by Gasteiger charge is -2.23. The van der Waals surface area contributed by atoms with Crippen molar-refractivity contribution in [2.45, 2.75) is 51.6 Å². The number of aldehydes is 1. The van der Waals surface area contributed by atoms with Crippen molar-refractivity contribution in [1.29, 1.82) is 0 Å². The number of benzene rings is 1. The lowest BCUT2D eigenvalue weighted by molar-refractivity contribution is -0.155. The Morgan fingerprint density at radius 3 is 2.70 bits per heavy atom. The summed E-state index contributed by atoms with van der Waals surface area (Å²) in [6, 6.07) is 7.46. The Morgan fingerprint density at radius 1 is 1.35 bits per heavy atom. The van der Waals surface area contributed by atoms with Crippen LogP contribution in [0.15, 0.2) is 24.3 Å². The summed E-state index contributed by atoms with van der Waals surface area (Å²) in [5.41, 5.74) is 1.11. The molecule has 0 saturated heterocycles. The molecule has 1 aromatic carbocycles. The van der Waals surface area contributed by atoms with Crippen LogP contribution in [0.25, 0.3) is 0 Å². The van der Waals surface area contributed by atoms with E-state index in [1.54, 1.807) is 0 Å². The highest BCUT2D eigenvalue weighted by molar-refractivity contribution is 5.97. The van der Waals surface area contributed by atoms with Gasteiger partial charge in [-0.15, -0.1) is 0 Å². The van der Waals surface area contributed by atoms with Crippen LogP contribution >= 0.6 is 0 Å². The minimum absolute atomic E-state index is 0.0367. The van der Waals surface area contributed by atoms with Crippen LogP contribution in [0.4, 0.5) is 5.69 Å². The topological polar surface area (TPSA) is 63.7 Å². The first-order chi connectivity index (χ1) is 10.8. The lowest BCUT2D eigenvalue weighted by Crippen LogP contribution is -2.31. The molecule has 124 valence electrons. The van der Waals surface area contributed by atoms with Crippen LogP contribution in [-0.4, -0.2) is 30.3 Å². The molecule has 0 aliphatic carbocycles. The van der Waals surface area contributed by atoms with Crippen LogP contribution in [0.5, 0.6) is 0 Å². The fourth-order valence-corrected chi connectivity index (χ4v) is 2.87. The molecule has 1 heterocycles. The molecule has 0 aromatic heterocycles. The Bertz CT molecular complexity index is 603. The number of amides is 1. The molecular formula is C18H23NO4. The average Bonchev–Trinajstić information content (AvgIpc) is 2.58. The van der Waals surface area contributed by atoms with Crippen molar-refractivity contribution < 1.29 is 19.1 Å². The minimum Gasteiger partial charge on any atom is -0.460 e. The number of anilines is 1. The fraction of sp³-hybridized carbons (Fsp3) is 0.500. The first-order valence-electron chi connectivity index (χ1n) is 7.86. The van der Waals surface area contributed by atoms with Crippen LogP contribution in [0.2, 0.25) is 0 Å². The van der Waals surface area contributed by atoms with Gasteiger partial charge in [-0.3, -0.25) is 9.59 Å². The highest BCUT2D eigenvalue weighted by Gasteiger charge is 2.30. The molecule has 1 aliphatic rings. The largest absolute Gasteiger partial charge is 0.460 e. The SMILES string of the molecule is CC(C)(C)OC(=O)CC1CCC(=O)N(CC=O)c2ccccc21. The predicted octanol–water partition coefficient (Wildman–Crippen LogP) is 2.83. The van der Waals surface area contributed by atoms with Gasteiger partial charge in [0.2, 0.25) is 5.91 Å². The summed E-state index contributed by atoms with van der Waals surface area (Å²) in [4.78, 5) is 36.8. The minimum atomic E-state index is -0.527. The monoisotopic (exact) mass is 317 g/mol. The van der Waals surface area contributed by atoms with Gasteiger partial charge in [-0.1, -0.05) is 18.2 Å². The third kappa shape index (κ3) is 4.41. The van der Waals surface area contributed by atoms with E-state index in [-0.39, 0.29) is 30.8 Å². The second-order valence-electron chi connectivity index (χ2n) is 6.76. The van der Waals surface area contributed by atoms with Gasteiger partial charge in [0.05, 0.1) is 13.0 Å². The predicted molar refractivity (Wildman–Crippen MR) is 87.3 cm³/mol. The number of para-hydroxylation sites is 1. The first-order valence-corrected chi connectivity index (χ1v) is 7.86. The molecule has 2 rings (SSSR count). The fourth-order valence-electron chi connectivity index (χ4n) is 2.87. The Morgan fingerprint density at radius 2 is 2.04 bits per heavy atom. The summed E-state index contributed by atoms with van der Waals surface area (Å²) >= 11 is 0. The van der Waals surface area contributed by atoms with E-state index >= 15 is 0 Å². The number of esters is 1. The number of hydrogen-bond acceptors (Lipinski definition) is 4. The zero-order valence-electron chi connectivity index (χ0n) is 13.9. The Kier molecular flexibility index (Phi) is 5.19. The molecule has 0 saturated carbocycles. The van der Waals surface area contributed by atoms with E-state index < -0.39 is 5.60 Å². The number of carbonyl (C=O) groups excluding carboxylic acids is 3. The first kappa shape index (κ1) is 17.2. The zero-order chi connectivity index (χ0) is 17.0. The molecular weight excluding hydrogens is 294 g/mol. The van der Waals surface area contributed by atoms with Crippen LogP contribution < -0.4 is 4.90 Å². The van der Waals surface area contributed by atoms with Crippen molar-refractivity contribution >= 4 is 23.9 Å². The van der Waals surface area contributed by atoms with E-state index in [9.17, 15) is 14.4 Å². The maximum Gasteiger partial charge on any atom is 0.306 e. The highest BCUT2D eigenvalue weighted by Crippen LogP contribution is 2.37. The maximum atomic E-state index is 12.3. The van der Waals surface area contributed by atoms with E-state index in [4.69, 9.17) is 4.74 Å². The molecule has 1 amide bonds. The molecule has 1 aliphatic heterocycles. The van der Waals surface area contributed by atoms with Gasteiger partial charge < -0.3 is 14.4 Å². The number of nitrogens with zero attached hydrogens (tertiary/aromatic N) is 1. The summed E-state index contributed by atoms with van der Waals surface area (Å²) in [5.74, 6) is -0.438. The van der Waals surface area contributed by atoms with Crippen LogP contribution in [0, 0.1) is 0 Å². The summed E-state index contributed by atoms with van der Waals surface area (Å²) in [5, 5.41) is 0. The second kappa shape index (κ2) is 6.94. The van der Waals surface area contributed by atoms with Gasteiger partial charge >= 0.3 is 5.97 Å². The maximum absolute atomic E-state index is 12.3. The van der Waals surface area contributed by atoms with E-state index in [1.165, 1.54) is 4.90 Å². The standard InChI is InChI=1S/C18H23NO4/c1-18(2,3)23-17(22)12-13-8-9-16(21)19(10-11-20)15-7-5-4-6-14(13)15/h4-7,11,13H,8-10,12H2,1-3H3. The van der Waals surface area contributed by atoms with Gasteiger partial charge in [0.1, 0.15) is 11.9 Å². The smallest absolute Gasteiger partial charge is 0.306 e. The van der Waals surface area contributed by atoms with Crippen molar-refractivity contribution in [3.8, 4) is 0 Å². The molecule has 1 aromatic rings. The molecule has 23 heavy (non-hydrogen) atoms. The third-order valence-corrected chi connectivity index (χ3v) is 3.77. The molecule has 0 fully saturated rings. The van der Waals surface area contributed by atoms with E-state index in [0.717, 1.165) is 17.5 Å². The Labute approximate surface area is 136 Å². The number of rotatable bonds is 4. The number of hydrogen-bond donors (Lipinski definition) is 0. The summed E-state index contributed by atoms with van der Waals surface area (Å²) in [6.07, 6.45) is 1.85. The molecule has 0 radical (unpaired) electrons. The van der Waals surface area contributed by atoms with Gasteiger partial charge in [-0.05, 0) is 44.7 Å². The normalized spacial score (nSPS) is 18.1. The van der Waals surface area contributed by atoms with Gasteiger partial charge in [0.25, 0.3) is 0 Å². The van der Waals surface area contributed by atoms with Gasteiger partial charge in [0.15, 0.2) is 0 Å². The van der Waals surface area contributed by atoms with Crippen LogP contribution in [0.1, 0.15) is 51.5 Å². The summed E-state index contributed by atoms with van der Waals surface area (Å²) < 4.78 is 5.40. The highest BCUT2D eigenvalue weighted by atomic mass is 16.6. The average molecular weight is 317 g/mol. The quantitative estimate of drug-likeness (QED) is 0.633. The second-order valence-corrected chi connectivity index (χ2v) is 6.76. The lowest BCUT2D eigenvalue weighted by atomic mass is 9.91. The van der Waals surface area contributed by atoms with Gasteiger partial charge in [0, 0.05) is 12.1 Å². The van der Waals surface area contributed by atoms with Gasteiger partial charge in [-0.25, -0.2) is 0 Å². The van der Waals surface area contributed by atoms with Crippen molar-refractivity contribution in [2.24, 2.45) is 0 Å². The summed E-state index contributed by atoms with van der Waals surface area (Å²) in [7, 11) is 0. The van der Waals surface area contributed by atoms with Crippen molar-refractivity contribution in [2.75, 3.05) is 11.4 Å². The van der Waals surface area contributed by atoms with Crippen molar-refractivity contribution in [3.05, 3.63) is 29.8 Å². The summed E-state index contributed by atoms with van der Waals surface area (Å²) in [6.45, 7) is 5.54.